The standard InChI is InChI=1S/C13H22N2O3S/c1-4-10(5-2)9-15-12-8-11(19(14,16)17)6-7-13(12)18-3/h6-8,10,15H,4-5,9H2,1-3H3,(H2,14,16,17). The van der Waals surface area contributed by atoms with Crippen LogP contribution >= 0.6 is 0 Å². The number of sulfonamides is 1. The molecule has 6 heteroatoms. The van der Waals surface area contributed by atoms with Gasteiger partial charge in [0.1, 0.15) is 5.75 Å². The second-order valence-electron chi connectivity index (χ2n) is 4.47. The first-order chi connectivity index (χ1) is 8.92. The summed E-state index contributed by atoms with van der Waals surface area (Å²) in [7, 11) is -2.15. The zero-order chi connectivity index (χ0) is 14.5. The Morgan fingerprint density at radius 3 is 2.42 bits per heavy atom. The lowest BCUT2D eigenvalue weighted by atomic mass is 10.0. The van der Waals surface area contributed by atoms with Gasteiger partial charge in [0.25, 0.3) is 0 Å². The van der Waals surface area contributed by atoms with Crippen LogP contribution in [0.3, 0.4) is 0 Å². The number of hydrogen-bond donors (Lipinski definition) is 2. The van der Waals surface area contributed by atoms with Crippen LogP contribution in [0.25, 0.3) is 0 Å². The van der Waals surface area contributed by atoms with Crippen molar-refractivity contribution in [2.45, 2.75) is 31.6 Å². The number of rotatable bonds is 7. The minimum Gasteiger partial charge on any atom is -0.495 e. The van der Waals surface area contributed by atoms with Crippen molar-refractivity contribution in [2.24, 2.45) is 11.1 Å². The van der Waals surface area contributed by atoms with Crippen LogP contribution in [0, 0.1) is 5.92 Å². The Morgan fingerprint density at radius 1 is 1.32 bits per heavy atom. The molecule has 0 aliphatic heterocycles. The second kappa shape index (κ2) is 6.77. The van der Waals surface area contributed by atoms with E-state index in [9.17, 15) is 8.42 Å². The molecule has 5 nitrogen and oxygen atoms in total. The van der Waals surface area contributed by atoms with Crippen LogP contribution in [0.15, 0.2) is 23.1 Å². The van der Waals surface area contributed by atoms with Gasteiger partial charge in [0, 0.05) is 6.54 Å². The molecule has 0 saturated heterocycles. The topological polar surface area (TPSA) is 81.4 Å². The number of nitrogens with one attached hydrogen (secondary N) is 1. The highest BCUT2D eigenvalue weighted by Gasteiger charge is 2.12. The molecule has 3 N–H and O–H groups in total. The zero-order valence-electron chi connectivity index (χ0n) is 11.6. The Bertz CT molecular complexity index is 511. The molecule has 108 valence electrons. The van der Waals surface area contributed by atoms with Gasteiger partial charge in [-0.25, -0.2) is 13.6 Å². The molecule has 0 fully saturated rings. The van der Waals surface area contributed by atoms with Gasteiger partial charge in [-0.1, -0.05) is 26.7 Å². The summed E-state index contributed by atoms with van der Waals surface area (Å²) in [6.45, 7) is 5.04. The van der Waals surface area contributed by atoms with E-state index in [4.69, 9.17) is 9.88 Å². The molecule has 0 bridgehead atoms. The minimum atomic E-state index is -3.70. The lowest BCUT2D eigenvalue weighted by Gasteiger charge is -2.17. The average molecular weight is 286 g/mol. The number of nitrogens with two attached hydrogens (primary N) is 1. The van der Waals surface area contributed by atoms with Crippen molar-refractivity contribution in [3.05, 3.63) is 18.2 Å². The fourth-order valence-electron chi connectivity index (χ4n) is 1.83. The molecule has 1 aromatic rings. The number of primary sulfonamides is 1. The average Bonchev–Trinajstić information content (AvgIpc) is 2.38. The largest absolute Gasteiger partial charge is 0.495 e. The molecule has 0 amide bonds. The SMILES string of the molecule is CCC(CC)CNc1cc(S(N)(=O)=O)ccc1OC. The second-order valence-corrected chi connectivity index (χ2v) is 6.03. The molecule has 0 aliphatic carbocycles. The highest BCUT2D eigenvalue weighted by molar-refractivity contribution is 7.89. The smallest absolute Gasteiger partial charge is 0.238 e. The molecule has 0 spiro atoms. The van der Waals surface area contributed by atoms with Crippen LogP contribution in [0.1, 0.15) is 26.7 Å². The van der Waals surface area contributed by atoms with Crippen molar-refractivity contribution in [2.75, 3.05) is 19.0 Å². The minimum absolute atomic E-state index is 0.0837. The highest BCUT2D eigenvalue weighted by atomic mass is 32.2. The van der Waals surface area contributed by atoms with Gasteiger partial charge in [0.2, 0.25) is 10.0 Å². The van der Waals surface area contributed by atoms with E-state index in [0.717, 1.165) is 19.4 Å². The summed E-state index contributed by atoms with van der Waals surface area (Å²) >= 11 is 0. The third kappa shape index (κ3) is 4.40. The summed E-state index contributed by atoms with van der Waals surface area (Å²) in [6, 6.07) is 4.56. The first-order valence-corrected chi connectivity index (χ1v) is 7.91. The summed E-state index contributed by atoms with van der Waals surface area (Å²) in [6.07, 6.45) is 2.14. The van der Waals surface area contributed by atoms with Gasteiger partial charge in [-0.05, 0) is 24.1 Å². The molecule has 19 heavy (non-hydrogen) atoms. The number of hydrogen-bond acceptors (Lipinski definition) is 4. The molecule has 1 aromatic carbocycles. The first-order valence-electron chi connectivity index (χ1n) is 6.37. The van der Waals surface area contributed by atoms with Crippen LogP contribution in [-0.4, -0.2) is 22.1 Å². The van der Waals surface area contributed by atoms with Gasteiger partial charge < -0.3 is 10.1 Å². The molecule has 0 saturated carbocycles. The molecule has 1 rings (SSSR count). The van der Waals surface area contributed by atoms with E-state index >= 15 is 0 Å². The van der Waals surface area contributed by atoms with Crippen LogP contribution < -0.4 is 15.2 Å². The number of benzene rings is 1. The van der Waals surface area contributed by atoms with Gasteiger partial charge in [-0.3, -0.25) is 0 Å². The molecule has 0 atom stereocenters. The van der Waals surface area contributed by atoms with Crippen molar-refractivity contribution >= 4 is 15.7 Å². The van der Waals surface area contributed by atoms with Crippen molar-refractivity contribution in [3.8, 4) is 5.75 Å². The predicted molar refractivity (Wildman–Crippen MR) is 76.9 cm³/mol. The molecule has 0 aromatic heterocycles. The molecule has 0 unspecified atom stereocenters. The summed E-state index contributed by atoms with van der Waals surface area (Å²) in [5.41, 5.74) is 0.654. The summed E-state index contributed by atoms with van der Waals surface area (Å²) in [4.78, 5) is 0.0837. The maximum Gasteiger partial charge on any atom is 0.238 e. The number of anilines is 1. The predicted octanol–water partition coefficient (Wildman–Crippen LogP) is 2.19. The Morgan fingerprint density at radius 2 is 1.95 bits per heavy atom. The zero-order valence-corrected chi connectivity index (χ0v) is 12.5. The molecule has 0 radical (unpaired) electrons. The van der Waals surface area contributed by atoms with Gasteiger partial charge in [0.15, 0.2) is 0 Å². The summed E-state index contributed by atoms with van der Waals surface area (Å²) in [5.74, 6) is 1.15. The fourth-order valence-corrected chi connectivity index (χ4v) is 2.37. The van der Waals surface area contributed by atoms with E-state index in [2.05, 4.69) is 19.2 Å². The molecule has 0 heterocycles. The molecule has 0 aliphatic rings. The fraction of sp³-hybridized carbons (Fsp3) is 0.538. The van der Waals surface area contributed by atoms with Crippen LogP contribution in [0.2, 0.25) is 0 Å². The van der Waals surface area contributed by atoms with E-state index in [1.165, 1.54) is 12.1 Å². The van der Waals surface area contributed by atoms with Gasteiger partial charge in [-0.15, -0.1) is 0 Å². The summed E-state index contributed by atoms with van der Waals surface area (Å²) in [5, 5.41) is 8.36. The molecular formula is C13H22N2O3S. The lowest BCUT2D eigenvalue weighted by molar-refractivity contribution is 0.415. The number of ether oxygens (including phenoxy) is 1. The van der Waals surface area contributed by atoms with Crippen molar-refractivity contribution in [1.29, 1.82) is 0 Å². The molecular weight excluding hydrogens is 264 g/mol. The monoisotopic (exact) mass is 286 g/mol. The Labute approximate surface area is 115 Å². The lowest BCUT2D eigenvalue weighted by Crippen LogP contribution is -2.15. The Kier molecular flexibility index (Phi) is 5.62. The van der Waals surface area contributed by atoms with Crippen LogP contribution in [0.5, 0.6) is 5.75 Å². The Balaban J connectivity index is 2.97. The third-order valence-electron chi connectivity index (χ3n) is 3.24. The Hall–Kier alpha value is -1.27. The van der Waals surface area contributed by atoms with E-state index in [1.807, 2.05) is 0 Å². The van der Waals surface area contributed by atoms with Crippen molar-refractivity contribution in [3.63, 3.8) is 0 Å². The number of methoxy groups -OCH3 is 1. The van der Waals surface area contributed by atoms with Gasteiger partial charge in [0.05, 0.1) is 17.7 Å². The van der Waals surface area contributed by atoms with E-state index in [0.29, 0.717) is 17.4 Å². The van der Waals surface area contributed by atoms with E-state index in [-0.39, 0.29) is 4.90 Å². The van der Waals surface area contributed by atoms with E-state index < -0.39 is 10.0 Å². The normalized spacial score (nSPS) is 11.6. The first kappa shape index (κ1) is 15.8. The van der Waals surface area contributed by atoms with E-state index in [1.54, 1.807) is 13.2 Å². The highest BCUT2D eigenvalue weighted by Crippen LogP contribution is 2.27. The summed E-state index contributed by atoms with van der Waals surface area (Å²) < 4.78 is 27.9. The maximum absolute atomic E-state index is 11.3. The van der Waals surface area contributed by atoms with Gasteiger partial charge >= 0.3 is 0 Å². The van der Waals surface area contributed by atoms with Crippen LogP contribution in [0.4, 0.5) is 5.69 Å². The third-order valence-corrected chi connectivity index (χ3v) is 4.15. The quantitative estimate of drug-likeness (QED) is 0.805. The maximum atomic E-state index is 11.3. The van der Waals surface area contributed by atoms with Gasteiger partial charge in [-0.2, -0.15) is 0 Å². The van der Waals surface area contributed by atoms with Crippen molar-refractivity contribution in [1.82, 2.24) is 0 Å². The van der Waals surface area contributed by atoms with Crippen LogP contribution in [-0.2, 0) is 10.0 Å². The van der Waals surface area contributed by atoms with Crippen molar-refractivity contribution < 1.29 is 13.2 Å².